The van der Waals surface area contributed by atoms with E-state index >= 15 is 0 Å². The van der Waals surface area contributed by atoms with Crippen LogP contribution in [0.5, 0.6) is 5.75 Å². The third kappa shape index (κ3) is 3.31. The second-order valence-corrected chi connectivity index (χ2v) is 4.05. The average molecular weight is 245 g/mol. The molecular weight excluding hydrogens is 229 g/mol. The van der Waals surface area contributed by atoms with E-state index < -0.39 is 0 Å². The molecule has 18 heavy (non-hydrogen) atoms. The molecule has 0 aliphatic carbocycles. The minimum atomic E-state index is -0.258. The van der Waals surface area contributed by atoms with E-state index in [0.29, 0.717) is 13.0 Å². The molecule has 0 saturated heterocycles. The molecule has 2 aromatic carbocycles. The number of rotatable bonds is 5. The van der Waals surface area contributed by atoms with Crippen molar-refractivity contribution in [2.24, 2.45) is 5.73 Å². The average Bonchev–Trinajstić information content (AvgIpc) is 2.39. The highest BCUT2D eigenvalue weighted by Gasteiger charge is 2.13. The van der Waals surface area contributed by atoms with Crippen molar-refractivity contribution < 1.29 is 9.13 Å². The van der Waals surface area contributed by atoms with Crippen molar-refractivity contribution in [2.45, 2.75) is 12.5 Å². The van der Waals surface area contributed by atoms with Crippen molar-refractivity contribution in [3.05, 3.63) is 66.0 Å². The molecule has 0 saturated carbocycles. The number of benzene rings is 2. The molecule has 2 nitrogen and oxygen atoms in total. The standard InChI is InChI=1S/C15H16FNO/c16-13-6-4-5-12(11-13)15(9-10-17)18-14-7-2-1-3-8-14/h1-8,11,15H,9-10,17H2/t15-/m0/s1. The lowest BCUT2D eigenvalue weighted by Gasteiger charge is -2.19. The van der Waals surface area contributed by atoms with Crippen molar-refractivity contribution >= 4 is 0 Å². The van der Waals surface area contributed by atoms with Gasteiger partial charge >= 0.3 is 0 Å². The van der Waals surface area contributed by atoms with Gasteiger partial charge in [-0.2, -0.15) is 0 Å². The molecule has 0 aliphatic rings. The van der Waals surface area contributed by atoms with E-state index in [1.165, 1.54) is 12.1 Å². The Kier molecular flexibility index (Phi) is 4.31. The number of para-hydroxylation sites is 1. The molecule has 0 spiro atoms. The summed E-state index contributed by atoms with van der Waals surface area (Å²) in [5, 5.41) is 0. The van der Waals surface area contributed by atoms with E-state index in [4.69, 9.17) is 10.5 Å². The summed E-state index contributed by atoms with van der Waals surface area (Å²) < 4.78 is 19.1. The summed E-state index contributed by atoms with van der Waals surface area (Å²) in [6.45, 7) is 0.494. The van der Waals surface area contributed by atoms with E-state index in [0.717, 1.165) is 11.3 Å². The second-order valence-electron chi connectivity index (χ2n) is 4.05. The Morgan fingerprint density at radius 3 is 2.50 bits per heavy atom. The summed E-state index contributed by atoms with van der Waals surface area (Å²) in [5.74, 6) is 0.506. The monoisotopic (exact) mass is 245 g/mol. The Balaban J connectivity index is 2.18. The largest absolute Gasteiger partial charge is 0.486 e. The van der Waals surface area contributed by atoms with Crippen LogP contribution in [0.1, 0.15) is 18.1 Å². The van der Waals surface area contributed by atoms with E-state index in [1.807, 2.05) is 36.4 Å². The van der Waals surface area contributed by atoms with Gasteiger partial charge < -0.3 is 10.5 Å². The molecule has 0 fully saturated rings. The maximum atomic E-state index is 13.2. The van der Waals surface area contributed by atoms with Crippen molar-refractivity contribution in [3.8, 4) is 5.75 Å². The summed E-state index contributed by atoms with van der Waals surface area (Å²) in [7, 11) is 0. The van der Waals surface area contributed by atoms with Gasteiger partial charge in [0.1, 0.15) is 17.7 Å². The molecule has 0 amide bonds. The Morgan fingerprint density at radius 2 is 1.83 bits per heavy atom. The normalized spacial score (nSPS) is 12.1. The zero-order valence-corrected chi connectivity index (χ0v) is 10.1. The van der Waals surface area contributed by atoms with Crippen LogP contribution in [0.4, 0.5) is 4.39 Å². The first-order chi connectivity index (χ1) is 8.79. The fraction of sp³-hybridized carbons (Fsp3) is 0.200. The SMILES string of the molecule is NCC[C@H](Oc1ccccc1)c1cccc(F)c1. The van der Waals surface area contributed by atoms with Gasteiger partial charge in [-0.3, -0.25) is 0 Å². The minimum absolute atomic E-state index is 0.215. The molecule has 0 unspecified atom stereocenters. The van der Waals surface area contributed by atoms with E-state index in [-0.39, 0.29) is 11.9 Å². The van der Waals surface area contributed by atoms with Crippen LogP contribution < -0.4 is 10.5 Å². The Bertz CT molecular complexity index is 487. The molecular formula is C15H16FNO. The van der Waals surface area contributed by atoms with Crippen LogP contribution in [-0.2, 0) is 0 Å². The topological polar surface area (TPSA) is 35.2 Å². The Morgan fingerprint density at radius 1 is 1.06 bits per heavy atom. The second kappa shape index (κ2) is 6.17. The molecule has 0 aliphatic heterocycles. The summed E-state index contributed by atoms with van der Waals surface area (Å²) in [6.07, 6.45) is 0.436. The molecule has 3 heteroatoms. The van der Waals surface area contributed by atoms with Crippen LogP contribution >= 0.6 is 0 Å². The molecule has 2 rings (SSSR count). The highest BCUT2D eigenvalue weighted by Crippen LogP contribution is 2.24. The first-order valence-electron chi connectivity index (χ1n) is 5.97. The van der Waals surface area contributed by atoms with Crippen LogP contribution in [0.3, 0.4) is 0 Å². The van der Waals surface area contributed by atoms with Crippen LogP contribution in [-0.4, -0.2) is 6.54 Å². The zero-order chi connectivity index (χ0) is 12.8. The zero-order valence-electron chi connectivity index (χ0n) is 10.1. The number of hydrogen-bond acceptors (Lipinski definition) is 2. The molecule has 0 aromatic heterocycles. The molecule has 0 radical (unpaired) electrons. The summed E-state index contributed by atoms with van der Waals surface area (Å²) in [6, 6.07) is 15.9. The van der Waals surface area contributed by atoms with Gasteiger partial charge in [0.2, 0.25) is 0 Å². The molecule has 94 valence electrons. The van der Waals surface area contributed by atoms with E-state index in [1.54, 1.807) is 6.07 Å². The first-order valence-corrected chi connectivity index (χ1v) is 5.97. The quantitative estimate of drug-likeness (QED) is 0.877. The number of hydrogen-bond donors (Lipinski definition) is 1. The minimum Gasteiger partial charge on any atom is -0.486 e. The highest BCUT2D eigenvalue weighted by atomic mass is 19.1. The van der Waals surface area contributed by atoms with Gasteiger partial charge in [0.05, 0.1) is 0 Å². The van der Waals surface area contributed by atoms with Crippen molar-refractivity contribution in [1.82, 2.24) is 0 Å². The number of halogens is 1. The lowest BCUT2D eigenvalue weighted by molar-refractivity contribution is 0.197. The van der Waals surface area contributed by atoms with Gasteiger partial charge in [-0.05, 0) is 36.4 Å². The van der Waals surface area contributed by atoms with Crippen molar-refractivity contribution in [1.29, 1.82) is 0 Å². The maximum Gasteiger partial charge on any atom is 0.125 e. The fourth-order valence-corrected chi connectivity index (χ4v) is 1.82. The number of nitrogens with two attached hydrogens (primary N) is 1. The maximum absolute atomic E-state index is 13.2. The van der Waals surface area contributed by atoms with Gasteiger partial charge in [0.15, 0.2) is 0 Å². The van der Waals surface area contributed by atoms with Gasteiger partial charge in [-0.15, -0.1) is 0 Å². The number of ether oxygens (including phenoxy) is 1. The van der Waals surface area contributed by atoms with E-state index in [2.05, 4.69) is 0 Å². The fourth-order valence-electron chi connectivity index (χ4n) is 1.82. The predicted molar refractivity (Wildman–Crippen MR) is 69.9 cm³/mol. The smallest absolute Gasteiger partial charge is 0.125 e. The third-order valence-electron chi connectivity index (χ3n) is 2.67. The van der Waals surface area contributed by atoms with Gasteiger partial charge in [0, 0.05) is 6.42 Å². The van der Waals surface area contributed by atoms with Gasteiger partial charge in [-0.25, -0.2) is 4.39 Å². The van der Waals surface area contributed by atoms with Crippen molar-refractivity contribution in [3.63, 3.8) is 0 Å². The molecule has 0 bridgehead atoms. The molecule has 0 heterocycles. The van der Waals surface area contributed by atoms with Gasteiger partial charge in [0.25, 0.3) is 0 Å². The van der Waals surface area contributed by atoms with E-state index in [9.17, 15) is 4.39 Å². The lowest BCUT2D eigenvalue weighted by atomic mass is 10.1. The van der Waals surface area contributed by atoms with Crippen molar-refractivity contribution in [2.75, 3.05) is 6.54 Å². The third-order valence-corrected chi connectivity index (χ3v) is 2.67. The molecule has 1 atom stereocenters. The molecule has 2 N–H and O–H groups in total. The first kappa shape index (κ1) is 12.6. The summed E-state index contributed by atoms with van der Waals surface area (Å²) in [4.78, 5) is 0. The Hall–Kier alpha value is -1.87. The molecule has 2 aromatic rings. The lowest BCUT2D eigenvalue weighted by Crippen LogP contribution is -2.13. The van der Waals surface area contributed by atoms with Crippen LogP contribution in [0.25, 0.3) is 0 Å². The van der Waals surface area contributed by atoms with Crippen LogP contribution in [0.2, 0.25) is 0 Å². The van der Waals surface area contributed by atoms with Crippen LogP contribution in [0, 0.1) is 5.82 Å². The highest BCUT2D eigenvalue weighted by molar-refractivity contribution is 5.24. The summed E-state index contributed by atoms with van der Waals surface area (Å²) >= 11 is 0. The Labute approximate surface area is 106 Å². The van der Waals surface area contributed by atoms with Gasteiger partial charge in [-0.1, -0.05) is 30.3 Å². The van der Waals surface area contributed by atoms with Crippen LogP contribution in [0.15, 0.2) is 54.6 Å². The summed E-state index contributed by atoms with van der Waals surface area (Å²) in [5.41, 5.74) is 6.39. The predicted octanol–water partition coefficient (Wildman–Crippen LogP) is 3.29.